The molecule has 10 rings (SSSR count). The lowest BCUT2D eigenvalue weighted by molar-refractivity contribution is 0.489. The molecular formula is C46H28O. The summed E-state index contributed by atoms with van der Waals surface area (Å²) >= 11 is 0. The van der Waals surface area contributed by atoms with E-state index in [-0.39, 0.29) is 0 Å². The van der Waals surface area contributed by atoms with Crippen LogP contribution in [0.1, 0.15) is 0 Å². The Hall–Kier alpha value is -6.18. The minimum Gasteiger partial charge on any atom is -0.455 e. The number of benzene rings is 9. The zero-order chi connectivity index (χ0) is 30.9. The van der Waals surface area contributed by atoms with Crippen molar-refractivity contribution in [3.05, 3.63) is 170 Å². The molecule has 0 fully saturated rings. The van der Waals surface area contributed by atoms with E-state index in [0.717, 1.165) is 22.6 Å². The number of hydrogen-bond donors (Lipinski definition) is 0. The molecule has 0 saturated heterocycles. The van der Waals surface area contributed by atoms with Gasteiger partial charge in [0.25, 0.3) is 0 Å². The first-order chi connectivity index (χ1) is 23.3. The van der Waals surface area contributed by atoms with Gasteiger partial charge in [-0.2, -0.15) is 0 Å². The van der Waals surface area contributed by atoms with Crippen LogP contribution in [-0.2, 0) is 0 Å². The summed E-state index contributed by atoms with van der Waals surface area (Å²) in [5.41, 5.74) is 9.56. The molecular weight excluding hydrogens is 569 g/mol. The maximum atomic E-state index is 6.84. The third-order valence-electron chi connectivity index (χ3n) is 9.82. The van der Waals surface area contributed by atoms with Crippen LogP contribution in [0.3, 0.4) is 0 Å². The van der Waals surface area contributed by atoms with Crippen LogP contribution in [0.25, 0.3) is 87.6 Å². The van der Waals surface area contributed by atoms with Gasteiger partial charge in [0.05, 0.1) is 0 Å². The van der Waals surface area contributed by atoms with E-state index in [1.807, 2.05) is 0 Å². The van der Waals surface area contributed by atoms with Crippen molar-refractivity contribution in [2.75, 3.05) is 0 Å². The smallest absolute Gasteiger partial charge is 0.143 e. The van der Waals surface area contributed by atoms with E-state index in [9.17, 15) is 0 Å². The normalized spacial score (nSPS) is 12.0. The fourth-order valence-corrected chi connectivity index (χ4v) is 7.73. The molecule has 1 heteroatoms. The van der Waals surface area contributed by atoms with Gasteiger partial charge in [-0.15, -0.1) is 0 Å². The molecule has 218 valence electrons. The molecule has 0 spiro atoms. The third-order valence-corrected chi connectivity index (χ3v) is 9.82. The average molecular weight is 597 g/mol. The Labute approximate surface area is 272 Å². The van der Waals surface area contributed by atoms with E-state index in [2.05, 4.69) is 170 Å². The molecule has 1 aliphatic rings. The first-order valence-corrected chi connectivity index (χ1v) is 16.2. The summed E-state index contributed by atoms with van der Waals surface area (Å²) in [5.74, 6) is 1.83. The summed E-state index contributed by atoms with van der Waals surface area (Å²) in [6.45, 7) is 0. The first-order valence-electron chi connectivity index (χ1n) is 16.2. The summed E-state index contributed by atoms with van der Waals surface area (Å²) in [7, 11) is 0. The molecule has 9 aromatic rings. The highest BCUT2D eigenvalue weighted by Crippen LogP contribution is 2.53. The summed E-state index contributed by atoms with van der Waals surface area (Å²) in [6.07, 6.45) is 0. The van der Waals surface area contributed by atoms with Crippen LogP contribution >= 0.6 is 0 Å². The van der Waals surface area contributed by atoms with Gasteiger partial charge >= 0.3 is 0 Å². The van der Waals surface area contributed by atoms with Crippen LogP contribution in [0.5, 0.6) is 11.5 Å². The van der Waals surface area contributed by atoms with Crippen molar-refractivity contribution < 1.29 is 4.74 Å². The molecule has 0 saturated carbocycles. The highest BCUT2D eigenvalue weighted by atomic mass is 16.5. The second kappa shape index (κ2) is 10.2. The van der Waals surface area contributed by atoms with Crippen LogP contribution in [0.2, 0.25) is 0 Å². The van der Waals surface area contributed by atoms with Crippen molar-refractivity contribution in [2.45, 2.75) is 0 Å². The SMILES string of the molecule is c1cc(-c2ccc3ccccc3c2)cc(-c2c3ccccc3c(-c3cccc4c3Oc3cccc5cccc-4c35)c3ccccc23)c1. The molecule has 1 aliphatic heterocycles. The number of ether oxygens (including phenoxy) is 1. The largest absolute Gasteiger partial charge is 0.455 e. The fourth-order valence-electron chi connectivity index (χ4n) is 7.73. The Bertz CT molecular complexity index is 2650. The van der Waals surface area contributed by atoms with Crippen molar-refractivity contribution >= 4 is 43.1 Å². The molecule has 0 N–H and O–H groups in total. The predicted molar refractivity (Wildman–Crippen MR) is 198 cm³/mol. The third kappa shape index (κ3) is 3.97. The summed E-state index contributed by atoms with van der Waals surface area (Å²) in [5, 5.41) is 9.77. The van der Waals surface area contributed by atoms with Gasteiger partial charge in [-0.1, -0.05) is 152 Å². The summed E-state index contributed by atoms with van der Waals surface area (Å²) in [6, 6.07) is 61.5. The molecule has 1 heterocycles. The van der Waals surface area contributed by atoms with Gasteiger partial charge in [-0.05, 0) is 83.7 Å². The van der Waals surface area contributed by atoms with Gasteiger partial charge in [-0.25, -0.2) is 0 Å². The van der Waals surface area contributed by atoms with Crippen LogP contribution in [-0.4, -0.2) is 0 Å². The molecule has 0 atom stereocenters. The van der Waals surface area contributed by atoms with Crippen molar-refractivity contribution in [1.82, 2.24) is 0 Å². The second-order valence-corrected chi connectivity index (χ2v) is 12.4. The standard InChI is InChI=1S/C46H28O/c1-2-12-31-27-33(26-25-29(31)11-1)32-15-7-16-34(28-32)43-35-17-3-5-19-37(35)45(38-20-6-4-18-36(38)43)41-23-10-22-40-39-21-8-13-30-14-9-24-42(44(30)39)47-46(40)41/h1-28H. The quantitative estimate of drug-likeness (QED) is 0.184. The molecule has 47 heavy (non-hydrogen) atoms. The zero-order valence-corrected chi connectivity index (χ0v) is 25.6. The maximum Gasteiger partial charge on any atom is 0.143 e. The number of fused-ring (bicyclic) bond motifs is 5. The second-order valence-electron chi connectivity index (χ2n) is 12.4. The number of rotatable bonds is 3. The van der Waals surface area contributed by atoms with Crippen molar-refractivity contribution in [3.8, 4) is 56.0 Å². The molecule has 0 amide bonds. The van der Waals surface area contributed by atoms with Gasteiger partial charge < -0.3 is 4.74 Å². The van der Waals surface area contributed by atoms with E-state index in [1.54, 1.807) is 0 Å². The minimum absolute atomic E-state index is 0.911. The molecule has 9 aromatic carbocycles. The van der Waals surface area contributed by atoms with E-state index in [1.165, 1.54) is 76.5 Å². The highest BCUT2D eigenvalue weighted by molar-refractivity contribution is 6.22. The summed E-state index contributed by atoms with van der Waals surface area (Å²) < 4.78 is 6.84. The average Bonchev–Trinajstić information content (AvgIpc) is 3.14. The highest BCUT2D eigenvalue weighted by Gasteiger charge is 2.25. The molecule has 1 nitrogen and oxygen atoms in total. The van der Waals surface area contributed by atoms with Crippen molar-refractivity contribution in [1.29, 1.82) is 0 Å². The molecule has 0 aromatic heterocycles. The van der Waals surface area contributed by atoms with Crippen molar-refractivity contribution in [3.63, 3.8) is 0 Å². The lowest BCUT2D eigenvalue weighted by atomic mass is 9.84. The van der Waals surface area contributed by atoms with E-state index in [0.29, 0.717) is 0 Å². The van der Waals surface area contributed by atoms with Gasteiger partial charge in [0.15, 0.2) is 0 Å². The Kier molecular flexibility index (Phi) is 5.64. The van der Waals surface area contributed by atoms with E-state index < -0.39 is 0 Å². The Morgan fingerprint density at radius 3 is 1.66 bits per heavy atom. The molecule has 0 aliphatic carbocycles. The predicted octanol–water partition coefficient (Wildman–Crippen LogP) is 13.1. The Balaban J connectivity index is 1.23. The monoisotopic (exact) mass is 596 g/mol. The lowest BCUT2D eigenvalue weighted by Gasteiger charge is -2.25. The van der Waals surface area contributed by atoms with Crippen LogP contribution in [0.15, 0.2) is 170 Å². The number of para-hydroxylation sites is 1. The topological polar surface area (TPSA) is 9.23 Å². The minimum atomic E-state index is 0.911. The van der Waals surface area contributed by atoms with E-state index in [4.69, 9.17) is 4.74 Å². The van der Waals surface area contributed by atoms with Gasteiger partial charge in [0.1, 0.15) is 11.5 Å². The summed E-state index contributed by atoms with van der Waals surface area (Å²) in [4.78, 5) is 0. The molecule has 0 radical (unpaired) electrons. The Morgan fingerprint density at radius 2 is 0.872 bits per heavy atom. The lowest BCUT2D eigenvalue weighted by Crippen LogP contribution is -2.00. The first kappa shape index (κ1) is 26.1. The van der Waals surface area contributed by atoms with Gasteiger partial charge in [0.2, 0.25) is 0 Å². The van der Waals surface area contributed by atoms with E-state index >= 15 is 0 Å². The zero-order valence-electron chi connectivity index (χ0n) is 25.6. The Morgan fingerprint density at radius 1 is 0.319 bits per heavy atom. The van der Waals surface area contributed by atoms with Crippen LogP contribution in [0.4, 0.5) is 0 Å². The molecule has 0 unspecified atom stereocenters. The van der Waals surface area contributed by atoms with Crippen LogP contribution in [0, 0.1) is 0 Å². The molecule has 0 bridgehead atoms. The van der Waals surface area contributed by atoms with Crippen molar-refractivity contribution in [2.24, 2.45) is 0 Å². The van der Waals surface area contributed by atoms with Gasteiger partial charge in [0, 0.05) is 22.1 Å². The van der Waals surface area contributed by atoms with Crippen LogP contribution < -0.4 is 4.74 Å². The fraction of sp³-hybridized carbons (Fsp3) is 0. The maximum absolute atomic E-state index is 6.84. The number of hydrogen-bond acceptors (Lipinski definition) is 1. The van der Waals surface area contributed by atoms with Gasteiger partial charge in [-0.3, -0.25) is 0 Å².